The molecule has 0 unspecified atom stereocenters. The Bertz CT molecular complexity index is 554. The zero-order valence-electron chi connectivity index (χ0n) is 10.7. The largest absolute Gasteiger partial charge is 0.481 e. The van der Waals surface area contributed by atoms with Crippen molar-refractivity contribution in [2.45, 2.75) is 18.8 Å². The summed E-state index contributed by atoms with van der Waals surface area (Å²) in [4.78, 5) is 23.5. The van der Waals surface area contributed by atoms with Gasteiger partial charge >= 0.3 is 5.97 Å². The van der Waals surface area contributed by atoms with Gasteiger partial charge in [0.2, 0.25) is 5.91 Å². The highest BCUT2D eigenvalue weighted by atomic mass is 16.5. The molecule has 0 aliphatic carbocycles. The Morgan fingerprint density at radius 2 is 1.75 bits per heavy atom. The molecule has 2 aliphatic heterocycles. The minimum atomic E-state index is -0.985. The van der Waals surface area contributed by atoms with Gasteiger partial charge in [-0.05, 0) is 5.56 Å². The van der Waals surface area contributed by atoms with E-state index >= 15 is 0 Å². The fourth-order valence-electron chi connectivity index (χ4n) is 2.82. The maximum Gasteiger partial charge on any atom is 0.310 e. The molecular weight excluding hydrogens is 258 g/mol. The molecule has 1 fully saturated rings. The van der Waals surface area contributed by atoms with Crippen molar-refractivity contribution in [2.75, 3.05) is 0 Å². The lowest BCUT2D eigenvalue weighted by atomic mass is 9.82. The van der Waals surface area contributed by atoms with E-state index in [1.807, 2.05) is 30.3 Å². The summed E-state index contributed by atoms with van der Waals surface area (Å²) in [7, 11) is 0. The Kier molecular flexibility index (Phi) is 3.28. The maximum absolute atomic E-state index is 12.2. The first-order chi connectivity index (χ1) is 9.66. The highest BCUT2D eigenvalue weighted by molar-refractivity contribution is 5.87. The molecule has 5 nitrogen and oxygen atoms in total. The molecule has 1 aromatic carbocycles. The van der Waals surface area contributed by atoms with Gasteiger partial charge < -0.3 is 15.2 Å². The maximum atomic E-state index is 12.2. The summed E-state index contributed by atoms with van der Waals surface area (Å²) in [6.45, 7) is 0.392. The van der Waals surface area contributed by atoms with Crippen LogP contribution in [0.1, 0.15) is 5.56 Å². The van der Waals surface area contributed by atoms with Crippen LogP contribution < -0.4 is 5.32 Å². The van der Waals surface area contributed by atoms with E-state index in [9.17, 15) is 14.7 Å². The van der Waals surface area contributed by atoms with Crippen LogP contribution in [0.5, 0.6) is 0 Å². The van der Waals surface area contributed by atoms with Gasteiger partial charge in [-0.15, -0.1) is 0 Å². The fourth-order valence-corrected chi connectivity index (χ4v) is 2.82. The minimum absolute atomic E-state index is 0.266. The average Bonchev–Trinajstić information content (AvgIpc) is 3.06. The lowest BCUT2D eigenvalue weighted by molar-refractivity contribution is -0.146. The molecule has 4 atom stereocenters. The quantitative estimate of drug-likeness (QED) is 0.801. The molecule has 104 valence electrons. The number of amides is 1. The van der Waals surface area contributed by atoms with E-state index in [0.717, 1.165) is 5.56 Å². The predicted molar refractivity (Wildman–Crippen MR) is 70.7 cm³/mol. The molecular formula is C15H15NO4. The van der Waals surface area contributed by atoms with Crippen molar-refractivity contribution >= 4 is 11.9 Å². The van der Waals surface area contributed by atoms with Gasteiger partial charge in [-0.3, -0.25) is 9.59 Å². The Morgan fingerprint density at radius 3 is 2.40 bits per heavy atom. The van der Waals surface area contributed by atoms with E-state index in [1.165, 1.54) is 0 Å². The van der Waals surface area contributed by atoms with Crippen molar-refractivity contribution in [3.05, 3.63) is 48.0 Å². The number of benzene rings is 1. The van der Waals surface area contributed by atoms with Crippen molar-refractivity contribution in [1.82, 2.24) is 5.32 Å². The van der Waals surface area contributed by atoms with Crippen molar-refractivity contribution in [2.24, 2.45) is 11.8 Å². The summed E-state index contributed by atoms with van der Waals surface area (Å²) in [5.74, 6) is -2.69. The fraction of sp³-hybridized carbons (Fsp3) is 0.333. The Morgan fingerprint density at radius 1 is 1.10 bits per heavy atom. The summed E-state index contributed by atoms with van der Waals surface area (Å²) >= 11 is 0. The summed E-state index contributed by atoms with van der Waals surface area (Å²) in [5, 5.41) is 12.0. The highest BCUT2D eigenvalue weighted by Gasteiger charge is 2.53. The molecule has 2 bridgehead atoms. The summed E-state index contributed by atoms with van der Waals surface area (Å²) in [6, 6.07) is 9.51. The third-order valence-electron chi connectivity index (χ3n) is 3.80. The van der Waals surface area contributed by atoms with Gasteiger partial charge in [0.15, 0.2) is 0 Å². The number of ether oxygens (including phenoxy) is 1. The number of rotatable bonds is 4. The summed E-state index contributed by atoms with van der Waals surface area (Å²) in [5.41, 5.74) is 0.979. The van der Waals surface area contributed by atoms with E-state index < -0.39 is 30.0 Å². The van der Waals surface area contributed by atoms with Crippen LogP contribution in [0.3, 0.4) is 0 Å². The van der Waals surface area contributed by atoms with Crippen LogP contribution in [-0.4, -0.2) is 29.2 Å². The topological polar surface area (TPSA) is 75.6 Å². The number of fused-ring (bicyclic) bond motifs is 2. The number of carboxylic acids is 1. The first kappa shape index (κ1) is 12.9. The van der Waals surface area contributed by atoms with Gasteiger partial charge in [-0.2, -0.15) is 0 Å². The monoisotopic (exact) mass is 273 g/mol. The third-order valence-corrected chi connectivity index (χ3v) is 3.80. The first-order valence-electron chi connectivity index (χ1n) is 6.55. The van der Waals surface area contributed by atoms with E-state index in [4.69, 9.17) is 4.74 Å². The smallest absolute Gasteiger partial charge is 0.310 e. The van der Waals surface area contributed by atoms with Gasteiger partial charge in [-0.1, -0.05) is 42.5 Å². The van der Waals surface area contributed by atoms with Crippen LogP contribution in [0.15, 0.2) is 42.5 Å². The highest BCUT2D eigenvalue weighted by Crippen LogP contribution is 2.39. The van der Waals surface area contributed by atoms with Gasteiger partial charge in [0.25, 0.3) is 0 Å². The standard InChI is InChI=1S/C15H15NO4/c17-14(16-8-9-4-2-1-3-5-9)12-10-6-7-11(20-10)13(12)15(18)19/h1-7,10-13H,8H2,(H,16,17)(H,18,19)/t10-,11+,12-,13-/m0/s1. The molecule has 1 saturated heterocycles. The van der Waals surface area contributed by atoms with Crippen LogP contribution in [0.4, 0.5) is 0 Å². The SMILES string of the molecule is O=C(NCc1ccccc1)[C@@H]1[C@@H](C(=O)O)[C@H]2C=C[C@@H]1O2. The molecule has 3 rings (SSSR count). The molecule has 2 heterocycles. The number of aliphatic carboxylic acids is 1. The Hall–Kier alpha value is -2.14. The van der Waals surface area contributed by atoms with E-state index in [0.29, 0.717) is 6.54 Å². The normalized spacial score (nSPS) is 30.4. The zero-order valence-corrected chi connectivity index (χ0v) is 10.7. The van der Waals surface area contributed by atoms with Crippen LogP contribution in [0.25, 0.3) is 0 Å². The van der Waals surface area contributed by atoms with Crippen molar-refractivity contribution < 1.29 is 19.4 Å². The van der Waals surface area contributed by atoms with E-state index in [1.54, 1.807) is 12.2 Å². The second-order valence-corrected chi connectivity index (χ2v) is 5.04. The predicted octanol–water partition coefficient (Wildman–Crippen LogP) is 0.957. The van der Waals surface area contributed by atoms with Crippen LogP contribution in [0.2, 0.25) is 0 Å². The van der Waals surface area contributed by atoms with Gasteiger partial charge in [0.05, 0.1) is 18.1 Å². The number of hydrogen-bond donors (Lipinski definition) is 2. The molecule has 0 aromatic heterocycles. The first-order valence-corrected chi connectivity index (χ1v) is 6.55. The third kappa shape index (κ3) is 2.20. The number of nitrogens with one attached hydrogen (secondary N) is 1. The lowest BCUT2D eigenvalue weighted by Crippen LogP contribution is -2.42. The van der Waals surface area contributed by atoms with Crippen LogP contribution in [0, 0.1) is 11.8 Å². The molecule has 20 heavy (non-hydrogen) atoms. The van der Waals surface area contributed by atoms with Crippen molar-refractivity contribution in [3.8, 4) is 0 Å². The Labute approximate surface area is 116 Å². The lowest BCUT2D eigenvalue weighted by Gasteiger charge is -2.20. The molecule has 1 amide bonds. The molecule has 2 N–H and O–H groups in total. The number of hydrogen-bond acceptors (Lipinski definition) is 3. The molecule has 0 spiro atoms. The molecule has 1 aromatic rings. The number of carbonyl (C=O) groups is 2. The van der Waals surface area contributed by atoms with Gasteiger partial charge in [0.1, 0.15) is 5.92 Å². The van der Waals surface area contributed by atoms with Gasteiger partial charge in [0, 0.05) is 6.54 Å². The summed E-state index contributed by atoms with van der Waals surface area (Å²) in [6.07, 6.45) is 2.60. The Balaban J connectivity index is 1.68. The number of carboxylic acid groups (broad SMARTS) is 1. The summed E-state index contributed by atoms with van der Waals surface area (Å²) < 4.78 is 5.48. The number of carbonyl (C=O) groups excluding carboxylic acids is 1. The molecule has 2 aliphatic rings. The second-order valence-electron chi connectivity index (χ2n) is 5.04. The van der Waals surface area contributed by atoms with Crippen molar-refractivity contribution in [1.29, 1.82) is 0 Å². The van der Waals surface area contributed by atoms with E-state index in [-0.39, 0.29) is 5.91 Å². The van der Waals surface area contributed by atoms with Gasteiger partial charge in [-0.25, -0.2) is 0 Å². The molecule has 0 saturated carbocycles. The van der Waals surface area contributed by atoms with E-state index in [2.05, 4.69) is 5.32 Å². The second kappa shape index (κ2) is 5.09. The minimum Gasteiger partial charge on any atom is -0.481 e. The molecule has 0 radical (unpaired) electrons. The zero-order chi connectivity index (χ0) is 14.1. The van der Waals surface area contributed by atoms with Crippen LogP contribution in [-0.2, 0) is 20.9 Å². The van der Waals surface area contributed by atoms with Crippen molar-refractivity contribution in [3.63, 3.8) is 0 Å². The molecule has 5 heteroatoms. The van der Waals surface area contributed by atoms with Crippen LogP contribution >= 0.6 is 0 Å². The average molecular weight is 273 g/mol.